The van der Waals surface area contributed by atoms with E-state index in [4.69, 9.17) is 4.74 Å². The minimum Gasteiger partial charge on any atom is -0.389 e. The van der Waals surface area contributed by atoms with E-state index in [0.717, 1.165) is 55.1 Å². The first-order chi connectivity index (χ1) is 13.3. The molecule has 0 aliphatic carbocycles. The molecule has 0 saturated carbocycles. The lowest BCUT2D eigenvalue weighted by Crippen LogP contribution is -2.43. The van der Waals surface area contributed by atoms with Crippen LogP contribution >= 0.6 is 0 Å². The SMILES string of the molecule is COCC(O)CN1CCC(Nc2cccc3c2cc(C)n3CC(C)(F)F)CC1. The van der Waals surface area contributed by atoms with Crippen LogP contribution in [0.1, 0.15) is 25.5 Å². The molecule has 2 heterocycles. The number of hydrogen-bond donors (Lipinski definition) is 2. The number of aliphatic hydroxyl groups excluding tert-OH is 1. The van der Waals surface area contributed by atoms with E-state index in [1.807, 2.05) is 31.2 Å². The zero-order chi connectivity index (χ0) is 20.3. The number of alkyl halides is 2. The number of nitrogens with zero attached hydrogens (tertiary/aromatic N) is 2. The zero-order valence-electron chi connectivity index (χ0n) is 16.9. The Hall–Kier alpha value is -1.70. The highest BCUT2D eigenvalue weighted by molar-refractivity contribution is 5.93. The average molecular weight is 395 g/mol. The number of fused-ring (bicyclic) bond motifs is 1. The van der Waals surface area contributed by atoms with Crippen molar-refractivity contribution in [2.45, 2.75) is 51.3 Å². The third-order valence-corrected chi connectivity index (χ3v) is 5.36. The first-order valence-electron chi connectivity index (χ1n) is 9.89. The van der Waals surface area contributed by atoms with E-state index in [-0.39, 0.29) is 6.54 Å². The molecule has 1 aliphatic heterocycles. The fourth-order valence-electron chi connectivity index (χ4n) is 4.05. The van der Waals surface area contributed by atoms with Gasteiger partial charge in [0.1, 0.15) is 0 Å². The summed E-state index contributed by atoms with van der Waals surface area (Å²) in [5.74, 6) is -2.75. The van der Waals surface area contributed by atoms with Gasteiger partial charge in [-0.15, -0.1) is 0 Å². The van der Waals surface area contributed by atoms with E-state index in [1.165, 1.54) is 0 Å². The highest BCUT2D eigenvalue weighted by atomic mass is 19.3. The summed E-state index contributed by atoms with van der Waals surface area (Å²) in [5, 5.41) is 14.5. The number of aromatic nitrogens is 1. The van der Waals surface area contributed by atoms with Gasteiger partial charge in [-0.3, -0.25) is 0 Å². The molecule has 3 rings (SSSR count). The molecule has 156 valence electrons. The Morgan fingerprint density at radius 3 is 2.68 bits per heavy atom. The normalized spacial score (nSPS) is 17.9. The standard InChI is InChI=1S/C21H31F2N3O2/c1-15-11-18-19(5-4-6-20(18)26(15)14-21(2,22)23)24-16-7-9-25(10-8-16)12-17(27)13-28-3/h4-6,11,16-17,24,27H,7-10,12-14H2,1-3H3. The van der Waals surface area contributed by atoms with Gasteiger partial charge in [-0.05, 0) is 38.0 Å². The van der Waals surface area contributed by atoms with Crippen molar-refractivity contribution in [1.82, 2.24) is 9.47 Å². The van der Waals surface area contributed by atoms with Gasteiger partial charge in [-0.25, -0.2) is 8.78 Å². The molecule has 1 saturated heterocycles. The molecule has 1 fully saturated rings. The first kappa shape index (κ1) is 21.0. The predicted molar refractivity (Wildman–Crippen MR) is 108 cm³/mol. The number of aliphatic hydroxyl groups is 1. The molecule has 1 atom stereocenters. The van der Waals surface area contributed by atoms with E-state index >= 15 is 0 Å². The average Bonchev–Trinajstić information content (AvgIpc) is 2.92. The van der Waals surface area contributed by atoms with Gasteiger partial charge < -0.3 is 24.6 Å². The van der Waals surface area contributed by atoms with Crippen LogP contribution in [0.15, 0.2) is 24.3 Å². The van der Waals surface area contributed by atoms with Crippen LogP contribution in [0.25, 0.3) is 10.9 Å². The van der Waals surface area contributed by atoms with Crippen molar-refractivity contribution in [2.75, 3.05) is 38.7 Å². The number of anilines is 1. The number of rotatable bonds is 8. The lowest BCUT2D eigenvalue weighted by molar-refractivity contribution is 0.00461. The van der Waals surface area contributed by atoms with Crippen molar-refractivity contribution < 1.29 is 18.6 Å². The summed E-state index contributed by atoms with van der Waals surface area (Å²) in [5.41, 5.74) is 2.67. The van der Waals surface area contributed by atoms with Crippen molar-refractivity contribution >= 4 is 16.6 Å². The molecule has 1 aromatic carbocycles. The van der Waals surface area contributed by atoms with Crippen LogP contribution in [0.4, 0.5) is 14.5 Å². The molecule has 2 aromatic rings. The molecular weight excluding hydrogens is 364 g/mol. The lowest BCUT2D eigenvalue weighted by Gasteiger charge is -2.34. The number of piperidine rings is 1. The smallest absolute Gasteiger partial charge is 0.262 e. The number of aryl methyl sites for hydroxylation is 1. The molecule has 28 heavy (non-hydrogen) atoms. The van der Waals surface area contributed by atoms with Gasteiger partial charge in [0.25, 0.3) is 5.92 Å². The Labute approximate surface area is 165 Å². The van der Waals surface area contributed by atoms with Crippen molar-refractivity contribution in [2.24, 2.45) is 0 Å². The summed E-state index contributed by atoms with van der Waals surface area (Å²) >= 11 is 0. The van der Waals surface area contributed by atoms with Gasteiger partial charge in [-0.1, -0.05) is 6.07 Å². The molecule has 0 spiro atoms. The van der Waals surface area contributed by atoms with Gasteiger partial charge in [0.15, 0.2) is 0 Å². The number of hydrogen-bond acceptors (Lipinski definition) is 4. The summed E-state index contributed by atoms with van der Waals surface area (Å²) in [7, 11) is 1.59. The molecule has 2 N–H and O–H groups in total. The fraction of sp³-hybridized carbons (Fsp3) is 0.619. The van der Waals surface area contributed by atoms with Crippen LogP contribution in [0.5, 0.6) is 0 Å². The van der Waals surface area contributed by atoms with E-state index < -0.39 is 12.0 Å². The topological polar surface area (TPSA) is 49.7 Å². The number of halogens is 2. The molecule has 0 amide bonds. The Morgan fingerprint density at radius 1 is 1.32 bits per heavy atom. The van der Waals surface area contributed by atoms with Crippen molar-refractivity contribution in [3.63, 3.8) is 0 Å². The quantitative estimate of drug-likeness (QED) is 0.719. The van der Waals surface area contributed by atoms with Crippen LogP contribution in [0.3, 0.4) is 0 Å². The third kappa shape index (κ3) is 5.21. The van der Waals surface area contributed by atoms with Gasteiger partial charge in [0.2, 0.25) is 0 Å². The van der Waals surface area contributed by atoms with Crippen molar-refractivity contribution in [3.05, 3.63) is 30.0 Å². The van der Waals surface area contributed by atoms with Crippen LogP contribution in [-0.4, -0.2) is 66.0 Å². The second kappa shape index (κ2) is 8.76. The second-order valence-corrected chi connectivity index (χ2v) is 8.01. The zero-order valence-corrected chi connectivity index (χ0v) is 16.9. The minimum atomic E-state index is -2.75. The molecule has 1 unspecified atom stereocenters. The number of methoxy groups -OCH3 is 1. The van der Waals surface area contributed by atoms with Crippen LogP contribution in [0, 0.1) is 6.92 Å². The van der Waals surface area contributed by atoms with Gasteiger partial charge >= 0.3 is 0 Å². The second-order valence-electron chi connectivity index (χ2n) is 8.01. The monoisotopic (exact) mass is 395 g/mol. The Balaban J connectivity index is 1.66. The maximum atomic E-state index is 13.6. The van der Waals surface area contributed by atoms with Gasteiger partial charge in [0.05, 0.1) is 24.8 Å². The molecule has 5 nitrogen and oxygen atoms in total. The highest BCUT2D eigenvalue weighted by Gasteiger charge is 2.25. The number of β-amino-alcohol motifs (C(OH)–C–C–N with tert-alkyl or cyclic N) is 1. The van der Waals surface area contributed by atoms with Crippen LogP contribution in [-0.2, 0) is 11.3 Å². The molecule has 0 radical (unpaired) electrons. The first-order valence-corrected chi connectivity index (χ1v) is 9.89. The van der Waals surface area contributed by atoms with Crippen LogP contribution < -0.4 is 5.32 Å². The highest BCUT2D eigenvalue weighted by Crippen LogP contribution is 2.30. The largest absolute Gasteiger partial charge is 0.389 e. The fourth-order valence-corrected chi connectivity index (χ4v) is 4.05. The summed E-state index contributed by atoms with van der Waals surface area (Å²) in [6, 6.07) is 8.16. The van der Waals surface area contributed by atoms with E-state index in [9.17, 15) is 13.9 Å². The predicted octanol–water partition coefficient (Wildman–Crippen LogP) is 3.49. The molecule has 0 bridgehead atoms. The number of nitrogens with one attached hydrogen (secondary N) is 1. The summed E-state index contributed by atoms with van der Waals surface area (Å²) in [6.07, 6.45) is 1.49. The number of likely N-dealkylation sites (tertiary alicyclic amines) is 1. The Kier molecular flexibility index (Phi) is 6.58. The summed E-state index contributed by atoms with van der Waals surface area (Å²) in [6.45, 7) is 5.33. The van der Waals surface area contributed by atoms with Crippen LogP contribution in [0.2, 0.25) is 0 Å². The maximum absolute atomic E-state index is 13.6. The summed E-state index contributed by atoms with van der Waals surface area (Å²) < 4.78 is 33.8. The molecule has 7 heteroatoms. The molecule has 1 aliphatic rings. The Morgan fingerprint density at radius 2 is 2.04 bits per heavy atom. The summed E-state index contributed by atoms with van der Waals surface area (Å²) in [4.78, 5) is 2.26. The Bertz CT molecular complexity index is 780. The van der Waals surface area contributed by atoms with E-state index in [2.05, 4.69) is 10.2 Å². The third-order valence-electron chi connectivity index (χ3n) is 5.36. The van der Waals surface area contributed by atoms with Gasteiger partial charge in [-0.2, -0.15) is 0 Å². The molecule has 1 aromatic heterocycles. The van der Waals surface area contributed by atoms with Crippen molar-refractivity contribution in [3.8, 4) is 0 Å². The lowest BCUT2D eigenvalue weighted by atomic mass is 10.0. The number of ether oxygens (including phenoxy) is 1. The van der Waals surface area contributed by atoms with Gasteiger partial charge in [0, 0.05) is 56.5 Å². The molecular formula is C21H31F2N3O2. The minimum absolute atomic E-state index is 0.312. The maximum Gasteiger partial charge on any atom is 0.262 e. The van der Waals surface area contributed by atoms with E-state index in [0.29, 0.717) is 19.2 Å². The van der Waals surface area contributed by atoms with Crippen molar-refractivity contribution in [1.29, 1.82) is 0 Å². The number of benzene rings is 1. The van der Waals surface area contributed by atoms with E-state index in [1.54, 1.807) is 11.7 Å².